The number of fused-ring (bicyclic) bond motifs is 2. The van der Waals surface area contributed by atoms with Gasteiger partial charge in [0.25, 0.3) is 0 Å². The van der Waals surface area contributed by atoms with Crippen molar-refractivity contribution < 1.29 is 4.39 Å². The highest BCUT2D eigenvalue weighted by atomic mass is 19.1. The van der Waals surface area contributed by atoms with Gasteiger partial charge in [0.2, 0.25) is 0 Å². The van der Waals surface area contributed by atoms with Gasteiger partial charge in [-0.25, -0.2) is 4.39 Å². The molecule has 1 aliphatic carbocycles. The summed E-state index contributed by atoms with van der Waals surface area (Å²) < 4.78 is 15.2. The normalized spacial score (nSPS) is 23.7. The Balaban J connectivity index is 1.66. The van der Waals surface area contributed by atoms with Crippen molar-refractivity contribution in [3.63, 3.8) is 0 Å². The number of halogens is 1. The molecule has 1 unspecified atom stereocenters. The van der Waals surface area contributed by atoms with Crippen molar-refractivity contribution in [2.75, 3.05) is 19.6 Å². The standard InChI is InChI=1S/C31H42FN3/c1-5-24(3)22-27(29(32)6-2)30-23-31(18-12-16-26-15-8-9-17-28(26)31)35(33-30)25(4)14-13-21-34-19-10-7-11-20-34/h5,8-9,15,17,22H,1,4,6-7,10-14,16,18-21,23H2,2-3H3/b24-22-,29-27-. The molecule has 1 atom stereocenters. The molecule has 2 aliphatic heterocycles. The number of hydrogen-bond acceptors (Lipinski definition) is 3. The summed E-state index contributed by atoms with van der Waals surface area (Å²) >= 11 is 0. The highest BCUT2D eigenvalue weighted by molar-refractivity contribution is 6.05. The van der Waals surface area contributed by atoms with Crippen molar-refractivity contribution in [1.29, 1.82) is 0 Å². The Labute approximate surface area is 211 Å². The van der Waals surface area contributed by atoms with Crippen LogP contribution in [-0.4, -0.2) is 35.3 Å². The van der Waals surface area contributed by atoms with E-state index in [4.69, 9.17) is 5.10 Å². The first-order chi connectivity index (χ1) is 17.0. The molecule has 2 heterocycles. The van der Waals surface area contributed by atoms with E-state index in [9.17, 15) is 0 Å². The third kappa shape index (κ3) is 5.53. The van der Waals surface area contributed by atoms with Gasteiger partial charge in [0, 0.05) is 17.7 Å². The second kappa shape index (κ2) is 11.5. The van der Waals surface area contributed by atoms with Crippen LogP contribution in [0.3, 0.4) is 0 Å². The van der Waals surface area contributed by atoms with E-state index in [1.807, 2.05) is 19.9 Å². The molecule has 1 aromatic carbocycles. The van der Waals surface area contributed by atoms with Crippen molar-refractivity contribution in [2.24, 2.45) is 5.10 Å². The SMILES string of the molecule is C=C/C(C)=C\C(C1=NN(C(=C)CCCN2CCCCC2)C2(CCCc3ccccc32)C1)=C(\F)CC. The number of likely N-dealkylation sites (tertiary alicyclic amines) is 1. The molecule has 3 nitrogen and oxygen atoms in total. The van der Waals surface area contributed by atoms with E-state index in [2.05, 4.69) is 47.3 Å². The van der Waals surface area contributed by atoms with Gasteiger partial charge < -0.3 is 4.90 Å². The molecule has 1 fully saturated rings. The predicted molar refractivity (Wildman–Crippen MR) is 146 cm³/mol. The van der Waals surface area contributed by atoms with Crippen LogP contribution >= 0.6 is 0 Å². The quantitative estimate of drug-likeness (QED) is 0.339. The van der Waals surface area contributed by atoms with Crippen LogP contribution in [0.15, 0.2) is 77.3 Å². The largest absolute Gasteiger partial charge is 0.303 e. The van der Waals surface area contributed by atoms with E-state index >= 15 is 4.39 Å². The number of rotatable bonds is 9. The van der Waals surface area contributed by atoms with Gasteiger partial charge in [0.15, 0.2) is 0 Å². The molecule has 4 rings (SSSR count). The summed E-state index contributed by atoms with van der Waals surface area (Å²) in [4.78, 5) is 2.58. The molecule has 0 bridgehead atoms. The fraction of sp³-hybridized carbons (Fsp3) is 0.516. The Morgan fingerprint density at radius 1 is 1.17 bits per heavy atom. The molecule has 0 aromatic heterocycles. The lowest BCUT2D eigenvalue weighted by Gasteiger charge is -2.43. The lowest BCUT2D eigenvalue weighted by Crippen LogP contribution is -2.42. The zero-order valence-corrected chi connectivity index (χ0v) is 21.8. The average molecular weight is 476 g/mol. The number of hydrazone groups is 1. The Morgan fingerprint density at radius 2 is 1.94 bits per heavy atom. The molecule has 4 heteroatoms. The first-order valence-electron chi connectivity index (χ1n) is 13.5. The monoisotopic (exact) mass is 475 g/mol. The fourth-order valence-corrected chi connectivity index (χ4v) is 6.02. The van der Waals surface area contributed by atoms with Crippen LogP contribution in [-0.2, 0) is 12.0 Å². The van der Waals surface area contributed by atoms with E-state index in [1.54, 1.807) is 6.08 Å². The lowest BCUT2D eigenvalue weighted by atomic mass is 9.73. The summed E-state index contributed by atoms with van der Waals surface area (Å²) in [5.74, 6) is -0.109. The average Bonchev–Trinajstić information content (AvgIpc) is 3.27. The smallest absolute Gasteiger partial charge is 0.109 e. The zero-order chi connectivity index (χ0) is 24.8. The van der Waals surface area contributed by atoms with Crippen LogP contribution in [0.1, 0.15) is 82.8 Å². The molecular weight excluding hydrogens is 433 g/mol. The molecule has 1 aromatic rings. The maximum Gasteiger partial charge on any atom is 0.109 e. The predicted octanol–water partition coefficient (Wildman–Crippen LogP) is 7.83. The number of benzene rings is 1. The van der Waals surface area contributed by atoms with Gasteiger partial charge in [-0.2, -0.15) is 5.10 Å². The Hall–Kier alpha value is -2.46. The number of nitrogens with zero attached hydrogens (tertiary/aromatic N) is 3. The van der Waals surface area contributed by atoms with Crippen LogP contribution < -0.4 is 0 Å². The van der Waals surface area contributed by atoms with Gasteiger partial charge in [0.05, 0.1) is 11.3 Å². The third-order valence-corrected chi connectivity index (χ3v) is 7.94. The van der Waals surface area contributed by atoms with E-state index in [1.165, 1.54) is 43.5 Å². The van der Waals surface area contributed by atoms with E-state index in [-0.39, 0.29) is 11.4 Å². The van der Waals surface area contributed by atoms with Gasteiger partial charge >= 0.3 is 0 Å². The number of aryl methyl sites for hydroxylation is 1. The van der Waals surface area contributed by atoms with Crippen molar-refractivity contribution in [3.8, 4) is 0 Å². The minimum atomic E-state index is -0.276. The molecule has 1 saturated heterocycles. The van der Waals surface area contributed by atoms with Crippen molar-refractivity contribution >= 4 is 5.71 Å². The van der Waals surface area contributed by atoms with Crippen LogP contribution in [0.2, 0.25) is 0 Å². The van der Waals surface area contributed by atoms with Gasteiger partial charge in [-0.05, 0) is 95.1 Å². The molecule has 0 amide bonds. The fourth-order valence-electron chi connectivity index (χ4n) is 6.02. The van der Waals surface area contributed by atoms with E-state index < -0.39 is 0 Å². The number of allylic oxidation sites excluding steroid dienone is 6. The zero-order valence-electron chi connectivity index (χ0n) is 21.8. The lowest BCUT2D eigenvalue weighted by molar-refractivity contribution is 0.130. The summed E-state index contributed by atoms with van der Waals surface area (Å²) in [6, 6.07) is 8.76. The summed E-state index contributed by atoms with van der Waals surface area (Å²) in [5, 5.41) is 7.34. The van der Waals surface area contributed by atoms with Crippen molar-refractivity contribution in [3.05, 3.63) is 83.4 Å². The minimum Gasteiger partial charge on any atom is -0.303 e. The van der Waals surface area contributed by atoms with Gasteiger partial charge in [-0.1, -0.05) is 62.4 Å². The van der Waals surface area contributed by atoms with Crippen molar-refractivity contribution in [2.45, 2.75) is 83.6 Å². The Kier molecular flexibility index (Phi) is 8.43. The topological polar surface area (TPSA) is 18.8 Å². The summed E-state index contributed by atoms with van der Waals surface area (Å²) in [7, 11) is 0. The Bertz CT molecular complexity index is 1030. The molecule has 0 N–H and O–H groups in total. The summed E-state index contributed by atoms with van der Waals surface area (Å²) in [6.07, 6.45) is 13.9. The minimum absolute atomic E-state index is 0.109. The molecule has 188 valence electrons. The molecule has 35 heavy (non-hydrogen) atoms. The van der Waals surface area contributed by atoms with Crippen LogP contribution in [0, 0.1) is 0 Å². The first-order valence-corrected chi connectivity index (χ1v) is 13.5. The molecule has 3 aliphatic rings. The van der Waals surface area contributed by atoms with Gasteiger partial charge in [-0.15, -0.1) is 0 Å². The van der Waals surface area contributed by atoms with Gasteiger partial charge in [-0.3, -0.25) is 5.01 Å². The van der Waals surface area contributed by atoms with E-state index in [0.29, 0.717) is 18.4 Å². The highest BCUT2D eigenvalue weighted by Crippen LogP contribution is 2.49. The molecule has 1 spiro atoms. The number of hydrogen-bond donors (Lipinski definition) is 0. The first kappa shape index (κ1) is 25.6. The van der Waals surface area contributed by atoms with Crippen molar-refractivity contribution in [1.82, 2.24) is 9.91 Å². The Morgan fingerprint density at radius 3 is 2.69 bits per heavy atom. The van der Waals surface area contributed by atoms with Crippen LogP contribution in [0.4, 0.5) is 4.39 Å². The highest BCUT2D eigenvalue weighted by Gasteiger charge is 2.48. The summed E-state index contributed by atoms with van der Waals surface area (Å²) in [6.45, 7) is 15.8. The molecule has 0 saturated carbocycles. The van der Waals surface area contributed by atoms with E-state index in [0.717, 1.165) is 55.6 Å². The maximum atomic E-state index is 15.2. The third-order valence-electron chi connectivity index (χ3n) is 7.94. The molecule has 0 radical (unpaired) electrons. The summed E-state index contributed by atoms with van der Waals surface area (Å²) in [5.41, 5.74) is 5.90. The van der Waals surface area contributed by atoms with Crippen LogP contribution in [0.25, 0.3) is 0 Å². The van der Waals surface area contributed by atoms with Crippen LogP contribution in [0.5, 0.6) is 0 Å². The van der Waals surface area contributed by atoms with Gasteiger partial charge in [0.1, 0.15) is 5.83 Å². The maximum absolute atomic E-state index is 15.2. The second-order valence-corrected chi connectivity index (χ2v) is 10.4. The molecular formula is C31H42FN3. The second-order valence-electron chi connectivity index (χ2n) is 10.4. The number of piperidine rings is 1.